The van der Waals surface area contributed by atoms with E-state index in [4.69, 9.17) is 4.42 Å². The van der Waals surface area contributed by atoms with Crippen LogP contribution in [0.15, 0.2) is 81.1 Å². The van der Waals surface area contributed by atoms with Crippen molar-refractivity contribution >= 4 is 33.4 Å². The fourth-order valence-electron chi connectivity index (χ4n) is 2.95. The van der Waals surface area contributed by atoms with E-state index in [1.165, 1.54) is 30.2 Å². The van der Waals surface area contributed by atoms with Gasteiger partial charge in [0.2, 0.25) is 15.9 Å². The lowest BCUT2D eigenvalue weighted by Gasteiger charge is -2.11. The quantitative estimate of drug-likeness (QED) is 0.645. The van der Waals surface area contributed by atoms with Crippen molar-refractivity contribution in [2.75, 3.05) is 5.32 Å². The Morgan fingerprint density at radius 2 is 1.96 bits per heavy atom. The van der Waals surface area contributed by atoms with E-state index in [9.17, 15) is 13.2 Å². The topological polar surface area (TPSA) is 88.4 Å². The summed E-state index contributed by atoms with van der Waals surface area (Å²) in [6.07, 6.45) is 2.15. The zero-order valence-electron chi connectivity index (χ0n) is 14.8. The molecule has 2 heterocycles. The van der Waals surface area contributed by atoms with E-state index in [1.807, 2.05) is 24.3 Å². The number of thioether (sulfide) groups is 1. The van der Waals surface area contributed by atoms with Crippen molar-refractivity contribution in [2.45, 2.75) is 28.0 Å². The Bertz CT molecular complexity index is 1070. The number of fused-ring (bicyclic) bond motifs is 1. The van der Waals surface area contributed by atoms with Crippen molar-refractivity contribution in [3.8, 4) is 0 Å². The van der Waals surface area contributed by atoms with Crippen molar-refractivity contribution in [3.05, 3.63) is 78.3 Å². The Hall–Kier alpha value is -2.55. The zero-order chi connectivity index (χ0) is 19.6. The van der Waals surface area contributed by atoms with Gasteiger partial charge < -0.3 is 9.73 Å². The standard InChI is InChI=1S/C20H18N2O4S2/c23-20(19-11-14-5-1-2-9-18(14)27-19)22-15-6-3-8-17(12-15)28(24,25)21-13-16-7-4-10-26-16/h1-10,12,19,21H,11,13H2,(H,22,23). The highest BCUT2D eigenvalue weighted by molar-refractivity contribution is 8.01. The van der Waals surface area contributed by atoms with Crippen molar-refractivity contribution in [1.82, 2.24) is 4.72 Å². The lowest BCUT2D eigenvalue weighted by Crippen LogP contribution is -2.25. The van der Waals surface area contributed by atoms with Gasteiger partial charge in [-0.15, -0.1) is 11.8 Å². The van der Waals surface area contributed by atoms with E-state index in [0.29, 0.717) is 17.9 Å². The summed E-state index contributed by atoms with van der Waals surface area (Å²) in [5.74, 6) is 0.380. The third-order valence-corrected chi connectivity index (χ3v) is 7.08. The molecule has 0 radical (unpaired) electrons. The van der Waals surface area contributed by atoms with Crippen LogP contribution in [-0.2, 0) is 27.8 Å². The molecule has 28 heavy (non-hydrogen) atoms. The summed E-state index contributed by atoms with van der Waals surface area (Å²) < 4.78 is 32.6. The molecular weight excluding hydrogens is 396 g/mol. The number of furan rings is 1. The van der Waals surface area contributed by atoms with Crippen molar-refractivity contribution < 1.29 is 17.6 Å². The number of amides is 1. The molecule has 2 aromatic carbocycles. The molecule has 0 bridgehead atoms. The summed E-state index contributed by atoms with van der Waals surface area (Å²) in [4.78, 5) is 13.8. The Kier molecular flexibility index (Phi) is 5.25. The molecule has 1 aliphatic rings. The number of carbonyl (C=O) groups excluding carboxylic acids is 1. The third kappa shape index (κ3) is 4.14. The minimum absolute atomic E-state index is 0.0584. The Morgan fingerprint density at radius 3 is 2.75 bits per heavy atom. The molecule has 0 aliphatic carbocycles. The van der Waals surface area contributed by atoms with E-state index >= 15 is 0 Å². The minimum atomic E-state index is -3.72. The fourth-order valence-corrected chi connectivity index (χ4v) is 5.19. The molecular formula is C20H18N2O4S2. The lowest BCUT2D eigenvalue weighted by molar-refractivity contribution is -0.115. The van der Waals surface area contributed by atoms with Crippen molar-refractivity contribution in [1.29, 1.82) is 0 Å². The average Bonchev–Trinajstić information content (AvgIpc) is 3.36. The molecule has 1 aromatic heterocycles. The second-order valence-corrected chi connectivity index (χ2v) is 9.35. The summed E-state index contributed by atoms with van der Waals surface area (Å²) in [7, 11) is -3.72. The van der Waals surface area contributed by atoms with E-state index < -0.39 is 10.0 Å². The maximum Gasteiger partial charge on any atom is 0.241 e. The highest BCUT2D eigenvalue weighted by Crippen LogP contribution is 2.37. The largest absolute Gasteiger partial charge is 0.468 e. The van der Waals surface area contributed by atoms with Gasteiger partial charge in [-0.1, -0.05) is 24.3 Å². The maximum atomic E-state index is 12.6. The van der Waals surface area contributed by atoms with Crippen LogP contribution in [0.3, 0.4) is 0 Å². The van der Waals surface area contributed by atoms with Crippen LogP contribution in [0.1, 0.15) is 11.3 Å². The number of nitrogens with one attached hydrogen (secondary N) is 2. The molecule has 4 rings (SSSR count). The van der Waals surface area contributed by atoms with Crippen molar-refractivity contribution in [3.63, 3.8) is 0 Å². The van der Waals surface area contributed by atoms with Gasteiger partial charge in [0.1, 0.15) is 5.76 Å². The smallest absolute Gasteiger partial charge is 0.241 e. The van der Waals surface area contributed by atoms with E-state index in [0.717, 1.165) is 10.5 Å². The average molecular weight is 415 g/mol. The van der Waals surface area contributed by atoms with Gasteiger partial charge in [0.05, 0.1) is 23.0 Å². The number of hydrogen-bond donors (Lipinski definition) is 2. The van der Waals surface area contributed by atoms with E-state index in [2.05, 4.69) is 10.0 Å². The van der Waals surface area contributed by atoms with Crippen LogP contribution in [0.2, 0.25) is 0 Å². The van der Waals surface area contributed by atoms with Gasteiger partial charge in [0.25, 0.3) is 0 Å². The van der Waals surface area contributed by atoms with Gasteiger partial charge in [-0.2, -0.15) is 0 Å². The van der Waals surface area contributed by atoms with Crippen LogP contribution in [0.4, 0.5) is 5.69 Å². The zero-order valence-corrected chi connectivity index (χ0v) is 16.4. The van der Waals surface area contributed by atoms with Gasteiger partial charge in [0, 0.05) is 10.6 Å². The summed E-state index contributed by atoms with van der Waals surface area (Å²) in [6.45, 7) is 0.0584. The summed E-state index contributed by atoms with van der Waals surface area (Å²) >= 11 is 1.53. The predicted molar refractivity (Wildman–Crippen MR) is 108 cm³/mol. The second-order valence-electron chi connectivity index (χ2n) is 6.34. The normalized spacial score (nSPS) is 15.9. The van der Waals surface area contributed by atoms with E-state index in [1.54, 1.807) is 24.3 Å². The second kappa shape index (κ2) is 7.83. The predicted octanol–water partition coefficient (Wildman–Crippen LogP) is 3.41. The van der Waals surface area contributed by atoms with Gasteiger partial charge in [0.15, 0.2) is 0 Å². The molecule has 1 aliphatic heterocycles. The summed E-state index contributed by atoms with van der Waals surface area (Å²) in [5.41, 5.74) is 1.61. The highest BCUT2D eigenvalue weighted by Gasteiger charge is 2.28. The molecule has 0 spiro atoms. The Balaban J connectivity index is 1.43. The molecule has 144 valence electrons. The fraction of sp³-hybridized carbons (Fsp3) is 0.150. The highest BCUT2D eigenvalue weighted by atomic mass is 32.2. The van der Waals surface area contributed by atoms with Gasteiger partial charge in [-0.05, 0) is 48.4 Å². The molecule has 6 nitrogen and oxygen atoms in total. The first-order chi connectivity index (χ1) is 13.5. The van der Waals surface area contributed by atoms with Gasteiger partial charge in [-0.25, -0.2) is 13.1 Å². The molecule has 1 amide bonds. The molecule has 0 saturated carbocycles. The Morgan fingerprint density at radius 1 is 1.11 bits per heavy atom. The number of carbonyl (C=O) groups is 1. The van der Waals surface area contributed by atoms with Crippen LogP contribution in [-0.4, -0.2) is 19.6 Å². The number of benzene rings is 2. The van der Waals surface area contributed by atoms with Crippen LogP contribution in [0.5, 0.6) is 0 Å². The van der Waals surface area contributed by atoms with Crippen LogP contribution in [0.25, 0.3) is 0 Å². The molecule has 8 heteroatoms. The SMILES string of the molecule is O=C(Nc1cccc(S(=O)(=O)NCc2ccco2)c1)C1Cc2ccccc2S1. The number of sulfonamides is 1. The monoisotopic (exact) mass is 414 g/mol. The van der Waals surface area contributed by atoms with Gasteiger partial charge >= 0.3 is 0 Å². The number of rotatable bonds is 6. The maximum absolute atomic E-state index is 12.6. The molecule has 3 aromatic rings. The summed E-state index contributed by atoms with van der Waals surface area (Å²) in [6, 6.07) is 17.5. The molecule has 1 atom stereocenters. The molecule has 0 fully saturated rings. The lowest BCUT2D eigenvalue weighted by atomic mass is 10.1. The first kappa shape index (κ1) is 18.8. The summed E-state index contributed by atoms with van der Waals surface area (Å²) in [5, 5.41) is 2.60. The van der Waals surface area contributed by atoms with E-state index in [-0.39, 0.29) is 22.6 Å². The first-order valence-electron chi connectivity index (χ1n) is 8.69. The molecule has 0 saturated heterocycles. The molecule has 2 N–H and O–H groups in total. The van der Waals surface area contributed by atoms with Crippen LogP contribution >= 0.6 is 11.8 Å². The minimum Gasteiger partial charge on any atom is -0.468 e. The van der Waals surface area contributed by atoms with Crippen LogP contribution < -0.4 is 10.0 Å². The van der Waals surface area contributed by atoms with Crippen LogP contribution in [0, 0.1) is 0 Å². The van der Waals surface area contributed by atoms with Crippen molar-refractivity contribution in [2.24, 2.45) is 0 Å². The number of anilines is 1. The first-order valence-corrected chi connectivity index (χ1v) is 11.0. The Labute approximate surface area is 167 Å². The number of hydrogen-bond acceptors (Lipinski definition) is 5. The molecule has 1 unspecified atom stereocenters. The third-order valence-electron chi connectivity index (χ3n) is 4.37. The van der Waals surface area contributed by atoms with Gasteiger partial charge in [-0.3, -0.25) is 4.79 Å².